The van der Waals surface area contributed by atoms with Crippen molar-refractivity contribution in [3.8, 4) is 11.1 Å². The third-order valence-electron chi connectivity index (χ3n) is 7.73. The summed E-state index contributed by atoms with van der Waals surface area (Å²) in [4.78, 5) is 33.5. The number of carbonyl (C=O) groups is 1. The summed E-state index contributed by atoms with van der Waals surface area (Å²) in [5.74, 6) is 2.13. The van der Waals surface area contributed by atoms with Crippen LogP contribution >= 0.6 is 0 Å². The zero-order valence-electron chi connectivity index (χ0n) is 22.4. The molecule has 202 valence electrons. The summed E-state index contributed by atoms with van der Waals surface area (Å²) >= 11 is 0. The van der Waals surface area contributed by atoms with E-state index >= 15 is 0 Å². The lowest BCUT2D eigenvalue weighted by Crippen LogP contribution is -2.49. The Labute approximate surface area is 230 Å². The van der Waals surface area contributed by atoms with Crippen LogP contribution in [0.5, 0.6) is 0 Å². The summed E-state index contributed by atoms with van der Waals surface area (Å²) in [7, 11) is 0. The molecule has 2 N–H and O–H groups in total. The van der Waals surface area contributed by atoms with Crippen LogP contribution in [0.4, 0.5) is 11.5 Å². The number of piperazine rings is 1. The van der Waals surface area contributed by atoms with Gasteiger partial charge in [-0.3, -0.25) is 14.6 Å². The number of pyridine rings is 1. The van der Waals surface area contributed by atoms with Crippen LogP contribution in [0.3, 0.4) is 0 Å². The van der Waals surface area contributed by atoms with Gasteiger partial charge >= 0.3 is 0 Å². The second-order valence-corrected chi connectivity index (χ2v) is 10.7. The number of allylic oxidation sites excluding steroid dienone is 1. The lowest BCUT2D eigenvalue weighted by Gasteiger charge is -2.34. The largest absolute Gasteiger partial charge is 0.366 e. The molecular weight excluding hydrogens is 488 g/mol. The van der Waals surface area contributed by atoms with Crippen molar-refractivity contribution < 1.29 is 4.79 Å². The van der Waals surface area contributed by atoms with E-state index in [9.17, 15) is 4.79 Å². The number of nitrogens with one attached hydrogen (secondary N) is 2. The van der Waals surface area contributed by atoms with E-state index in [0.717, 1.165) is 66.9 Å². The van der Waals surface area contributed by atoms with Crippen molar-refractivity contribution in [3.05, 3.63) is 78.7 Å². The van der Waals surface area contributed by atoms with E-state index in [2.05, 4.69) is 71.1 Å². The summed E-state index contributed by atoms with van der Waals surface area (Å²) in [6, 6.07) is 12.5. The van der Waals surface area contributed by atoms with Gasteiger partial charge in [0.15, 0.2) is 0 Å². The molecule has 1 amide bonds. The lowest BCUT2D eigenvalue weighted by molar-refractivity contribution is -0.122. The molecule has 3 aromatic rings. The number of rotatable bonds is 2. The number of benzene rings is 1. The molecule has 1 saturated carbocycles. The highest BCUT2D eigenvalue weighted by atomic mass is 16.2. The average Bonchev–Trinajstić information content (AvgIpc) is 3.79. The second kappa shape index (κ2) is 11.5. The molecule has 5 aliphatic heterocycles. The van der Waals surface area contributed by atoms with Crippen LogP contribution in [0, 0.1) is 5.92 Å². The Morgan fingerprint density at radius 1 is 0.872 bits per heavy atom. The quantitative estimate of drug-likeness (QED) is 0.528. The van der Waals surface area contributed by atoms with Crippen molar-refractivity contribution in [2.45, 2.75) is 25.9 Å². The number of aromatic nitrogens is 3. The van der Waals surface area contributed by atoms with Gasteiger partial charge in [-0.1, -0.05) is 18.7 Å². The lowest BCUT2D eigenvalue weighted by atomic mass is 10.1. The number of hydrogen-bond acceptors (Lipinski definition) is 8. The standard InChI is InChI=1S/C30H36N8O/c1-22(24-5-6-24)38-10-9-32-30(39)21-37-13-11-36(12-14-37)19-23-3-2-4-27(15-23)35-28-16-25(7-8-31-28)26-17-33-29(20-38)34-18-26/h2-4,7-8,15-18,24H,1,5-6,9-14,19-21H2,(H,31,35)(H,32,39). The number of anilines is 2. The predicted octanol–water partition coefficient (Wildman–Crippen LogP) is 3.26. The molecule has 2 fully saturated rings. The Kier molecular flexibility index (Phi) is 7.51. The van der Waals surface area contributed by atoms with E-state index in [4.69, 9.17) is 0 Å². The van der Waals surface area contributed by atoms with Gasteiger partial charge in [-0.05, 0) is 54.2 Å². The number of nitrogens with zero attached hydrogens (tertiary/aromatic N) is 6. The monoisotopic (exact) mass is 524 g/mol. The molecule has 6 aliphatic rings. The first-order valence-corrected chi connectivity index (χ1v) is 13.9. The number of hydrogen-bond donors (Lipinski definition) is 2. The third-order valence-corrected chi connectivity index (χ3v) is 7.73. The fourth-order valence-electron chi connectivity index (χ4n) is 5.28. The molecule has 2 aromatic heterocycles. The first kappa shape index (κ1) is 25.5. The van der Waals surface area contributed by atoms with Gasteiger partial charge in [0.2, 0.25) is 5.91 Å². The molecule has 39 heavy (non-hydrogen) atoms. The Hall–Kier alpha value is -3.82. The second-order valence-electron chi connectivity index (χ2n) is 10.7. The zero-order chi connectivity index (χ0) is 26.6. The normalized spacial score (nSPS) is 22.2. The van der Waals surface area contributed by atoms with Crippen molar-refractivity contribution in [1.82, 2.24) is 35.0 Å². The summed E-state index contributed by atoms with van der Waals surface area (Å²) in [5.41, 5.74) is 5.32. The molecule has 1 saturated heterocycles. The Morgan fingerprint density at radius 2 is 1.64 bits per heavy atom. The highest BCUT2D eigenvalue weighted by Gasteiger charge is 2.28. The molecule has 9 nitrogen and oxygen atoms in total. The van der Waals surface area contributed by atoms with Gasteiger partial charge in [0, 0.05) is 81.4 Å². The highest BCUT2D eigenvalue weighted by molar-refractivity contribution is 5.78. The van der Waals surface area contributed by atoms with Gasteiger partial charge < -0.3 is 15.5 Å². The SMILES string of the molecule is C=C(C1CC1)N1CCNC(=O)CN2CCN(CC2)Cc2cccc(c2)Nc2cc(ccn2)-c2cnc(nc2)C1. The van der Waals surface area contributed by atoms with Crippen molar-refractivity contribution in [2.24, 2.45) is 5.92 Å². The van der Waals surface area contributed by atoms with Crippen molar-refractivity contribution >= 4 is 17.4 Å². The Bertz CT molecular complexity index is 1310. The molecule has 1 aliphatic carbocycles. The minimum atomic E-state index is 0.0774. The van der Waals surface area contributed by atoms with Crippen LogP contribution in [0.15, 0.2) is 67.3 Å². The maximum Gasteiger partial charge on any atom is 0.234 e. The number of amides is 1. The highest BCUT2D eigenvalue weighted by Crippen LogP contribution is 2.37. The summed E-state index contributed by atoms with van der Waals surface area (Å²) in [6.45, 7) is 11.2. The van der Waals surface area contributed by atoms with Gasteiger partial charge in [0.25, 0.3) is 0 Å². The molecule has 0 atom stereocenters. The van der Waals surface area contributed by atoms with Gasteiger partial charge in [0.05, 0.1) is 13.1 Å². The molecular formula is C30H36N8O. The van der Waals surface area contributed by atoms with Crippen LogP contribution in [0.2, 0.25) is 0 Å². The molecule has 7 heterocycles. The number of carbonyl (C=O) groups excluding carboxylic acids is 1. The smallest absolute Gasteiger partial charge is 0.234 e. The molecule has 0 unspecified atom stereocenters. The van der Waals surface area contributed by atoms with E-state index in [-0.39, 0.29) is 5.91 Å². The minimum absolute atomic E-state index is 0.0774. The van der Waals surface area contributed by atoms with Crippen LogP contribution in [-0.4, -0.2) is 81.4 Å². The Morgan fingerprint density at radius 3 is 2.41 bits per heavy atom. The van der Waals surface area contributed by atoms with Crippen LogP contribution in [0.25, 0.3) is 11.1 Å². The van der Waals surface area contributed by atoms with E-state index in [1.54, 1.807) is 0 Å². The van der Waals surface area contributed by atoms with E-state index < -0.39 is 0 Å². The van der Waals surface area contributed by atoms with E-state index in [1.165, 1.54) is 18.4 Å². The third kappa shape index (κ3) is 6.61. The predicted molar refractivity (Wildman–Crippen MR) is 152 cm³/mol. The van der Waals surface area contributed by atoms with E-state index in [1.807, 2.05) is 30.7 Å². The summed E-state index contributed by atoms with van der Waals surface area (Å²) in [5, 5.41) is 6.59. The fraction of sp³-hybridized carbons (Fsp3) is 0.400. The average molecular weight is 525 g/mol. The molecule has 8 bridgehead atoms. The molecule has 9 heteroatoms. The molecule has 0 radical (unpaired) electrons. The van der Waals surface area contributed by atoms with Crippen LogP contribution in [-0.2, 0) is 17.9 Å². The van der Waals surface area contributed by atoms with Gasteiger partial charge in [-0.2, -0.15) is 0 Å². The maximum atomic E-state index is 12.7. The first-order valence-electron chi connectivity index (χ1n) is 13.9. The summed E-state index contributed by atoms with van der Waals surface area (Å²) in [6.07, 6.45) is 7.91. The van der Waals surface area contributed by atoms with E-state index in [0.29, 0.717) is 32.1 Å². The van der Waals surface area contributed by atoms with Crippen molar-refractivity contribution in [3.63, 3.8) is 0 Å². The maximum absolute atomic E-state index is 12.7. The molecule has 0 spiro atoms. The van der Waals surface area contributed by atoms with Gasteiger partial charge in [0.1, 0.15) is 11.6 Å². The molecule has 9 rings (SSSR count). The first-order chi connectivity index (χ1) is 19.1. The zero-order valence-corrected chi connectivity index (χ0v) is 22.4. The van der Waals surface area contributed by atoms with Crippen molar-refractivity contribution in [2.75, 3.05) is 51.1 Å². The van der Waals surface area contributed by atoms with Crippen molar-refractivity contribution in [1.29, 1.82) is 0 Å². The van der Waals surface area contributed by atoms with Crippen LogP contribution in [0.1, 0.15) is 24.2 Å². The van der Waals surface area contributed by atoms with Gasteiger partial charge in [-0.15, -0.1) is 0 Å². The summed E-state index contributed by atoms with van der Waals surface area (Å²) < 4.78 is 0. The Balaban J connectivity index is 1.25. The topological polar surface area (TPSA) is 89.5 Å². The molecule has 1 aromatic carbocycles. The minimum Gasteiger partial charge on any atom is -0.366 e. The van der Waals surface area contributed by atoms with Crippen LogP contribution < -0.4 is 10.6 Å². The van der Waals surface area contributed by atoms with Gasteiger partial charge in [-0.25, -0.2) is 15.0 Å². The fourth-order valence-corrected chi connectivity index (χ4v) is 5.28.